The Kier molecular flexibility index (Phi) is 18.1. The third kappa shape index (κ3) is 12.3. The number of fused-ring (bicyclic) bond motifs is 2. The fourth-order valence-electron chi connectivity index (χ4n) is 8.86. The van der Waals surface area contributed by atoms with Gasteiger partial charge in [-0.15, -0.1) is 6.58 Å². The number of likely N-dealkylation sites (N-methyl/N-ethyl adjacent to an activating group) is 1. The predicted octanol–water partition coefficient (Wildman–Crippen LogP) is 3.70. The number of carbonyl (C=O) groups is 8. The van der Waals surface area contributed by atoms with Gasteiger partial charge in [-0.3, -0.25) is 28.8 Å². The normalized spacial score (nSPS) is 28.5. The highest BCUT2D eigenvalue weighted by Crippen LogP contribution is 2.31. The first-order valence-corrected chi connectivity index (χ1v) is 23.0. The Labute approximate surface area is 379 Å². The Bertz CT molecular complexity index is 1870. The highest BCUT2D eigenvalue weighted by atomic mass is 16.6. The highest BCUT2D eigenvalue weighted by molar-refractivity contribution is 5.97. The summed E-state index contributed by atoms with van der Waals surface area (Å²) in [6.45, 7) is 19.5. The van der Waals surface area contributed by atoms with E-state index in [4.69, 9.17) is 9.47 Å². The third-order valence-corrected chi connectivity index (χ3v) is 12.8. The van der Waals surface area contributed by atoms with Gasteiger partial charge in [0.2, 0.25) is 29.5 Å². The molecule has 354 valence electrons. The lowest BCUT2D eigenvalue weighted by Gasteiger charge is -2.37. The van der Waals surface area contributed by atoms with Crippen molar-refractivity contribution in [1.29, 1.82) is 0 Å². The van der Waals surface area contributed by atoms with Crippen LogP contribution in [0.4, 0.5) is 0 Å². The van der Waals surface area contributed by atoms with Gasteiger partial charge >= 0.3 is 11.9 Å². The summed E-state index contributed by atoms with van der Waals surface area (Å²) in [5.41, 5.74) is -0.700. The number of esters is 2. The zero-order chi connectivity index (χ0) is 47.6. The second kappa shape index (κ2) is 22.6. The van der Waals surface area contributed by atoms with Gasteiger partial charge in [-0.05, 0) is 89.0 Å². The van der Waals surface area contributed by atoms with Gasteiger partial charge in [0.05, 0.1) is 5.41 Å². The first-order valence-electron chi connectivity index (χ1n) is 23.0. The van der Waals surface area contributed by atoms with Crippen molar-refractivity contribution in [3.63, 3.8) is 0 Å². The number of allylic oxidation sites excluding steroid dienone is 1. The summed E-state index contributed by atoms with van der Waals surface area (Å²) in [4.78, 5) is 118. The number of nitrogens with zero attached hydrogens (tertiary/aromatic N) is 3. The number of benzene rings is 1. The van der Waals surface area contributed by atoms with E-state index in [-0.39, 0.29) is 25.9 Å². The molecule has 0 unspecified atom stereocenters. The fraction of sp³-hybridized carbons (Fsp3) is 0.667. The van der Waals surface area contributed by atoms with E-state index in [1.54, 1.807) is 73.6 Å². The molecule has 0 aromatic heterocycles. The van der Waals surface area contributed by atoms with Crippen molar-refractivity contribution in [2.24, 2.45) is 23.2 Å². The molecule has 0 radical (unpaired) electrons. The molecule has 0 aliphatic carbocycles. The zero-order valence-electron chi connectivity index (χ0n) is 39.5. The minimum atomic E-state index is -1.42. The molecule has 3 saturated heterocycles. The monoisotopic (exact) mass is 893 g/mol. The summed E-state index contributed by atoms with van der Waals surface area (Å²) in [6, 6.07) is 2.59. The van der Waals surface area contributed by atoms with Crippen LogP contribution in [0, 0.1) is 23.2 Å². The summed E-state index contributed by atoms with van der Waals surface area (Å²) < 4.78 is 12.0. The van der Waals surface area contributed by atoms with Crippen LogP contribution < -0.4 is 16.0 Å². The van der Waals surface area contributed by atoms with E-state index < -0.39 is 119 Å². The van der Waals surface area contributed by atoms with E-state index in [2.05, 4.69) is 22.5 Å². The molecule has 8 atom stereocenters. The molecule has 4 rings (SSSR count). The predicted molar refractivity (Wildman–Crippen MR) is 240 cm³/mol. The number of cyclic esters (lactones) is 2. The largest absolute Gasteiger partial charge is 0.460 e. The average Bonchev–Trinajstić information content (AvgIpc) is 3.94. The van der Waals surface area contributed by atoms with Crippen LogP contribution in [0.1, 0.15) is 113 Å². The van der Waals surface area contributed by atoms with Gasteiger partial charge in [0, 0.05) is 26.6 Å². The smallest absolute Gasteiger partial charge is 0.329 e. The van der Waals surface area contributed by atoms with Crippen LogP contribution >= 0.6 is 0 Å². The zero-order valence-corrected chi connectivity index (χ0v) is 39.5. The van der Waals surface area contributed by atoms with Crippen molar-refractivity contribution in [3.05, 3.63) is 48.6 Å². The number of hydrogen-bond donors (Lipinski definition) is 3. The molecule has 3 fully saturated rings. The molecule has 0 spiro atoms. The molecule has 1 aromatic carbocycles. The summed E-state index contributed by atoms with van der Waals surface area (Å²) in [5, 5.41) is 8.60. The van der Waals surface area contributed by atoms with E-state index in [9.17, 15) is 38.4 Å². The Morgan fingerprint density at radius 3 is 1.91 bits per heavy atom. The quantitative estimate of drug-likeness (QED) is 0.187. The van der Waals surface area contributed by atoms with Gasteiger partial charge in [-0.2, -0.15) is 0 Å². The summed E-state index contributed by atoms with van der Waals surface area (Å²) in [6.07, 6.45) is 2.40. The Hall–Kier alpha value is -5.28. The molecular weight excluding hydrogens is 821 g/mol. The minimum Gasteiger partial charge on any atom is -0.460 e. The molecule has 3 heterocycles. The molecule has 0 bridgehead atoms. The fourth-order valence-corrected chi connectivity index (χ4v) is 8.86. The molecular formula is C48H72N6O10. The molecule has 1 aromatic rings. The van der Waals surface area contributed by atoms with Gasteiger partial charge in [0.1, 0.15) is 42.4 Å². The summed E-state index contributed by atoms with van der Waals surface area (Å²) >= 11 is 0. The molecule has 3 N–H and O–H groups in total. The van der Waals surface area contributed by atoms with Crippen LogP contribution in [-0.2, 0) is 54.3 Å². The lowest BCUT2D eigenvalue weighted by Crippen LogP contribution is -2.59. The second-order valence-electron chi connectivity index (χ2n) is 19.1. The Morgan fingerprint density at radius 1 is 0.734 bits per heavy atom. The molecule has 0 saturated carbocycles. The molecule has 64 heavy (non-hydrogen) atoms. The summed E-state index contributed by atoms with van der Waals surface area (Å²) in [5.74, 6) is -6.33. The van der Waals surface area contributed by atoms with Crippen molar-refractivity contribution in [1.82, 2.24) is 30.7 Å². The average molecular weight is 893 g/mol. The maximum absolute atomic E-state index is 14.4. The van der Waals surface area contributed by atoms with Crippen LogP contribution in [0.5, 0.6) is 0 Å². The lowest BCUT2D eigenvalue weighted by molar-refractivity contribution is -0.168. The highest BCUT2D eigenvalue weighted by Gasteiger charge is 2.47. The number of ether oxygens (including phenoxy) is 2. The van der Waals surface area contributed by atoms with E-state index >= 15 is 0 Å². The van der Waals surface area contributed by atoms with Gasteiger partial charge < -0.3 is 40.1 Å². The molecule has 3 aliphatic rings. The van der Waals surface area contributed by atoms with Gasteiger partial charge in [-0.1, -0.05) is 78.0 Å². The van der Waals surface area contributed by atoms with E-state index in [0.29, 0.717) is 38.5 Å². The van der Waals surface area contributed by atoms with Gasteiger partial charge in [-0.25, -0.2) is 9.59 Å². The number of carbonyl (C=O) groups excluding carboxylic acids is 8. The maximum Gasteiger partial charge on any atom is 0.329 e. The lowest BCUT2D eigenvalue weighted by atomic mass is 9.82. The van der Waals surface area contributed by atoms with E-state index in [1.165, 1.54) is 28.7 Å². The van der Waals surface area contributed by atoms with Crippen molar-refractivity contribution in [3.8, 4) is 0 Å². The van der Waals surface area contributed by atoms with Crippen molar-refractivity contribution < 1.29 is 47.8 Å². The number of unbranched alkanes of at least 4 members (excludes halogenated alkanes) is 1. The second-order valence-corrected chi connectivity index (χ2v) is 19.1. The van der Waals surface area contributed by atoms with Crippen LogP contribution in [0.2, 0.25) is 0 Å². The van der Waals surface area contributed by atoms with E-state index in [0.717, 1.165) is 5.56 Å². The summed E-state index contributed by atoms with van der Waals surface area (Å²) in [7, 11) is 1.45. The van der Waals surface area contributed by atoms with Crippen molar-refractivity contribution in [2.45, 2.75) is 162 Å². The number of amides is 6. The van der Waals surface area contributed by atoms with Crippen molar-refractivity contribution >= 4 is 47.4 Å². The van der Waals surface area contributed by atoms with Crippen LogP contribution in [0.25, 0.3) is 0 Å². The third-order valence-electron chi connectivity index (χ3n) is 12.8. The van der Waals surface area contributed by atoms with Crippen LogP contribution in [0.3, 0.4) is 0 Å². The first-order chi connectivity index (χ1) is 30.1. The Balaban J connectivity index is 1.80. The SMILES string of the molecule is C=CCCC[C@@H]1OC(=O)[C@H](Cc2ccccc2)NC(=O)[C@H](C(C)C)NC(=O)[C@@H]2CCCN2C(=O)[C@@H]2CCCN2C(=O)[C@H](C)OC(=O)[C@@H](C(C)C)N(C)C(=O)[C@H](C(C)C)NC(=O)C1(C)C. The standard InChI is InChI=1S/C48H72N6O10/c1-12-13-15-24-36-48(9,10)47(62)51-38(29(4)5)44(59)52(11)39(30(6)7)46(61)63-31(8)42(57)54-26-19-23-35(54)43(58)53-25-18-22-34(53)40(55)50-37(28(2)3)41(56)49-33(45(60)64-36)27-32-20-16-14-17-21-32/h12,14,16-17,20-21,28-31,33-39H,1,13,15,18-19,22-27H2,2-11H3,(H,49,56)(H,50,55)(H,51,62)/t31-,33-,34-,35-,36-,37-,38-,39+/m0/s1. The minimum absolute atomic E-state index is 0.0338. The maximum atomic E-state index is 14.4. The molecule has 16 heteroatoms. The van der Waals surface area contributed by atoms with Crippen LogP contribution in [-0.4, -0.2) is 131 Å². The van der Waals surface area contributed by atoms with E-state index in [1.807, 2.05) is 18.2 Å². The molecule has 6 amide bonds. The number of hydrogen-bond acceptors (Lipinski definition) is 10. The molecule has 16 nitrogen and oxygen atoms in total. The Morgan fingerprint density at radius 2 is 1.33 bits per heavy atom. The van der Waals surface area contributed by atoms with Crippen molar-refractivity contribution in [2.75, 3.05) is 20.1 Å². The van der Waals surface area contributed by atoms with Gasteiger partial charge in [0.15, 0.2) is 6.10 Å². The number of nitrogens with one attached hydrogen (secondary N) is 3. The van der Waals surface area contributed by atoms with Gasteiger partial charge in [0.25, 0.3) is 5.91 Å². The number of rotatable bonds is 9. The topological polar surface area (TPSA) is 201 Å². The van der Waals surface area contributed by atoms with Crippen LogP contribution in [0.15, 0.2) is 43.0 Å². The first kappa shape index (κ1) is 51.4. The molecule has 3 aliphatic heterocycles.